The minimum absolute atomic E-state index is 0.0306. The van der Waals surface area contributed by atoms with Crippen molar-refractivity contribution < 1.29 is 14.3 Å². The summed E-state index contributed by atoms with van der Waals surface area (Å²) >= 11 is 1.31. The standard InChI is InChI=1S/C13H23NO3S/c1-3-17-13(16)9-18-8-12(15)14-11-7-5-4-6-10(11)2/h10-11H,3-9H2,1-2H3,(H,14,15)/t10-,11-/m1/s1. The van der Waals surface area contributed by atoms with Gasteiger partial charge in [0.1, 0.15) is 0 Å². The van der Waals surface area contributed by atoms with Crippen molar-refractivity contribution in [2.24, 2.45) is 5.92 Å². The molecule has 0 aliphatic heterocycles. The molecule has 5 heteroatoms. The van der Waals surface area contributed by atoms with Crippen molar-refractivity contribution in [1.29, 1.82) is 0 Å². The Labute approximate surface area is 113 Å². The van der Waals surface area contributed by atoms with E-state index < -0.39 is 0 Å². The molecule has 1 amide bonds. The summed E-state index contributed by atoms with van der Waals surface area (Å²) in [6, 6.07) is 0.314. The van der Waals surface area contributed by atoms with Crippen LogP contribution in [0.5, 0.6) is 0 Å². The first-order valence-electron chi connectivity index (χ1n) is 6.66. The third kappa shape index (κ3) is 5.76. The number of carbonyl (C=O) groups is 2. The maximum Gasteiger partial charge on any atom is 0.315 e. The normalized spacial score (nSPS) is 23.4. The number of esters is 1. The number of amides is 1. The van der Waals surface area contributed by atoms with Crippen molar-refractivity contribution in [3.63, 3.8) is 0 Å². The van der Waals surface area contributed by atoms with Gasteiger partial charge in [-0.2, -0.15) is 0 Å². The summed E-state index contributed by atoms with van der Waals surface area (Å²) < 4.78 is 4.80. The van der Waals surface area contributed by atoms with Crippen LogP contribution in [-0.4, -0.2) is 36.0 Å². The van der Waals surface area contributed by atoms with E-state index in [0.29, 0.717) is 24.3 Å². The second kappa shape index (κ2) is 8.40. The van der Waals surface area contributed by atoms with E-state index in [1.54, 1.807) is 6.92 Å². The van der Waals surface area contributed by atoms with Crippen molar-refractivity contribution in [2.45, 2.75) is 45.6 Å². The molecule has 0 unspecified atom stereocenters. The highest BCUT2D eigenvalue weighted by Gasteiger charge is 2.22. The van der Waals surface area contributed by atoms with Crippen LogP contribution >= 0.6 is 11.8 Å². The molecule has 0 aromatic rings. The van der Waals surface area contributed by atoms with Crippen molar-refractivity contribution in [1.82, 2.24) is 5.32 Å². The Balaban J connectivity index is 2.15. The molecule has 4 nitrogen and oxygen atoms in total. The lowest BCUT2D eigenvalue weighted by Gasteiger charge is -2.29. The van der Waals surface area contributed by atoms with Gasteiger partial charge in [-0.3, -0.25) is 9.59 Å². The number of carbonyl (C=O) groups excluding carboxylic acids is 2. The molecule has 0 heterocycles. The third-order valence-electron chi connectivity index (χ3n) is 3.22. The largest absolute Gasteiger partial charge is 0.465 e. The maximum absolute atomic E-state index is 11.7. The Bertz CT molecular complexity index is 283. The van der Waals surface area contributed by atoms with Crippen molar-refractivity contribution >= 4 is 23.6 Å². The molecule has 1 N–H and O–H groups in total. The summed E-state index contributed by atoms with van der Waals surface area (Å²) in [6.45, 7) is 4.36. The zero-order chi connectivity index (χ0) is 13.4. The summed E-state index contributed by atoms with van der Waals surface area (Å²) in [6.07, 6.45) is 4.74. The molecule has 1 aliphatic carbocycles. The van der Waals surface area contributed by atoms with E-state index in [4.69, 9.17) is 4.74 Å². The number of rotatable bonds is 6. The minimum atomic E-state index is -0.249. The van der Waals surface area contributed by atoms with Gasteiger partial charge in [0, 0.05) is 6.04 Å². The van der Waals surface area contributed by atoms with E-state index in [0.717, 1.165) is 6.42 Å². The summed E-state index contributed by atoms with van der Waals surface area (Å²) in [5, 5.41) is 3.06. The average Bonchev–Trinajstić information content (AvgIpc) is 2.32. The van der Waals surface area contributed by atoms with Gasteiger partial charge >= 0.3 is 5.97 Å². The molecule has 0 radical (unpaired) electrons. The summed E-state index contributed by atoms with van der Waals surface area (Å²) in [7, 11) is 0. The fourth-order valence-electron chi connectivity index (χ4n) is 2.21. The fraction of sp³-hybridized carbons (Fsp3) is 0.846. The van der Waals surface area contributed by atoms with E-state index in [1.165, 1.54) is 31.0 Å². The first-order valence-corrected chi connectivity index (χ1v) is 7.81. The van der Waals surface area contributed by atoms with Gasteiger partial charge in [-0.05, 0) is 25.7 Å². The Kier molecular flexibility index (Phi) is 7.16. The van der Waals surface area contributed by atoms with E-state index in [9.17, 15) is 9.59 Å². The van der Waals surface area contributed by atoms with E-state index >= 15 is 0 Å². The topological polar surface area (TPSA) is 55.4 Å². The van der Waals surface area contributed by atoms with Gasteiger partial charge in [0.05, 0.1) is 18.1 Å². The second-order valence-corrected chi connectivity index (χ2v) is 5.72. The lowest BCUT2D eigenvalue weighted by atomic mass is 9.86. The fourth-order valence-corrected chi connectivity index (χ4v) is 2.83. The van der Waals surface area contributed by atoms with Gasteiger partial charge in [0.2, 0.25) is 5.91 Å². The molecular formula is C13H23NO3S. The highest BCUT2D eigenvalue weighted by Crippen LogP contribution is 2.23. The van der Waals surface area contributed by atoms with E-state index in [2.05, 4.69) is 12.2 Å². The highest BCUT2D eigenvalue weighted by molar-refractivity contribution is 8.00. The molecule has 0 bridgehead atoms. The minimum Gasteiger partial charge on any atom is -0.465 e. The van der Waals surface area contributed by atoms with Gasteiger partial charge in [-0.15, -0.1) is 11.8 Å². The molecule has 0 aromatic heterocycles. The predicted octanol–water partition coefficient (Wildman–Crippen LogP) is 1.98. The third-order valence-corrected chi connectivity index (χ3v) is 4.12. The van der Waals surface area contributed by atoms with Crippen molar-refractivity contribution in [3.8, 4) is 0 Å². The van der Waals surface area contributed by atoms with Crippen LogP contribution in [0.4, 0.5) is 0 Å². The number of hydrogen-bond donors (Lipinski definition) is 1. The molecule has 18 heavy (non-hydrogen) atoms. The van der Waals surface area contributed by atoms with Crippen LogP contribution < -0.4 is 5.32 Å². The molecule has 1 rings (SSSR count). The van der Waals surface area contributed by atoms with Crippen LogP contribution in [0.15, 0.2) is 0 Å². The van der Waals surface area contributed by atoms with Crippen LogP contribution in [0.2, 0.25) is 0 Å². The molecular weight excluding hydrogens is 250 g/mol. The van der Waals surface area contributed by atoms with Crippen LogP contribution in [0.1, 0.15) is 39.5 Å². The molecule has 0 saturated heterocycles. The SMILES string of the molecule is CCOC(=O)CSCC(=O)N[C@@H]1CCCC[C@H]1C. The smallest absolute Gasteiger partial charge is 0.315 e. The maximum atomic E-state index is 11.7. The van der Waals surface area contributed by atoms with Gasteiger partial charge in [-0.1, -0.05) is 19.8 Å². The van der Waals surface area contributed by atoms with Crippen LogP contribution in [0.25, 0.3) is 0 Å². The Morgan fingerprint density at radius 2 is 2.00 bits per heavy atom. The van der Waals surface area contributed by atoms with Gasteiger partial charge < -0.3 is 10.1 Å². The zero-order valence-corrected chi connectivity index (χ0v) is 12.1. The van der Waals surface area contributed by atoms with E-state index in [1.807, 2.05) is 0 Å². The Morgan fingerprint density at radius 1 is 1.28 bits per heavy atom. The monoisotopic (exact) mass is 273 g/mol. The summed E-state index contributed by atoms with van der Waals surface area (Å²) in [5.41, 5.74) is 0. The molecule has 0 aromatic carbocycles. The number of hydrogen-bond acceptors (Lipinski definition) is 4. The van der Waals surface area contributed by atoms with Crippen molar-refractivity contribution in [2.75, 3.05) is 18.1 Å². The van der Waals surface area contributed by atoms with Gasteiger partial charge in [0.25, 0.3) is 0 Å². The number of nitrogens with one attached hydrogen (secondary N) is 1. The number of thioether (sulfide) groups is 1. The van der Waals surface area contributed by atoms with Crippen molar-refractivity contribution in [3.05, 3.63) is 0 Å². The summed E-state index contributed by atoms with van der Waals surface area (Å²) in [4.78, 5) is 22.8. The Hall–Kier alpha value is -0.710. The quantitative estimate of drug-likeness (QED) is 0.752. The predicted molar refractivity (Wildman–Crippen MR) is 73.5 cm³/mol. The van der Waals surface area contributed by atoms with Crippen LogP contribution in [0, 0.1) is 5.92 Å². The number of ether oxygens (including phenoxy) is 1. The molecule has 104 valence electrons. The zero-order valence-electron chi connectivity index (χ0n) is 11.2. The molecule has 1 saturated carbocycles. The van der Waals surface area contributed by atoms with Crippen LogP contribution in [-0.2, 0) is 14.3 Å². The van der Waals surface area contributed by atoms with Gasteiger partial charge in [0.15, 0.2) is 0 Å². The molecule has 2 atom stereocenters. The van der Waals surface area contributed by atoms with Gasteiger partial charge in [-0.25, -0.2) is 0 Å². The molecule has 0 spiro atoms. The Morgan fingerprint density at radius 3 is 2.67 bits per heavy atom. The van der Waals surface area contributed by atoms with Crippen LogP contribution in [0.3, 0.4) is 0 Å². The average molecular weight is 273 g/mol. The first kappa shape index (κ1) is 15.3. The lowest BCUT2D eigenvalue weighted by Crippen LogP contribution is -2.41. The highest BCUT2D eigenvalue weighted by atomic mass is 32.2. The molecule has 1 fully saturated rings. The molecule has 1 aliphatic rings. The van der Waals surface area contributed by atoms with E-state index in [-0.39, 0.29) is 17.6 Å². The summed E-state index contributed by atoms with van der Waals surface area (Å²) in [5.74, 6) is 0.936. The first-order chi connectivity index (χ1) is 8.63. The second-order valence-electron chi connectivity index (χ2n) is 4.73. The lowest BCUT2D eigenvalue weighted by molar-refractivity contribution is -0.139.